The van der Waals surface area contributed by atoms with E-state index in [0.717, 1.165) is 10.1 Å². The smallest absolute Gasteiger partial charge is 0.355 e. The summed E-state index contributed by atoms with van der Waals surface area (Å²) in [5.74, 6) is -0.564. The predicted molar refractivity (Wildman–Crippen MR) is 151 cm³/mol. The standard InChI is InChI=1S/C28H27ClN6O6/c1-28(2)39-16-23(41-28)15-35-26(37)33-25(34(27(35)38)14-17-3-5-19(29)6-4-17)32-20-7-9-21(10-8-20)40-22-11-18(24(30)36)12-31-13-22/h3-13,23H,14-16H2,1-2H3,(H2,30,36)(H,32,33,37)/t23-/m0/s1. The second kappa shape index (κ2) is 11.5. The number of anilines is 2. The molecule has 0 aliphatic carbocycles. The van der Waals surface area contributed by atoms with E-state index in [1.165, 1.54) is 23.0 Å². The minimum Gasteiger partial charge on any atom is -0.456 e. The molecule has 1 aliphatic heterocycles. The van der Waals surface area contributed by atoms with Crippen LogP contribution in [-0.4, -0.2) is 43.5 Å². The third-order valence-electron chi connectivity index (χ3n) is 6.20. The van der Waals surface area contributed by atoms with Crippen molar-refractivity contribution >= 4 is 29.1 Å². The highest BCUT2D eigenvalue weighted by Gasteiger charge is 2.33. The molecule has 1 fully saturated rings. The van der Waals surface area contributed by atoms with Gasteiger partial charge in [0, 0.05) is 16.9 Å². The lowest BCUT2D eigenvalue weighted by Gasteiger charge is -2.19. The number of nitrogens with zero attached hydrogens (tertiary/aromatic N) is 4. The maximum absolute atomic E-state index is 13.6. The quantitative estimate of drug-likeness (QED) is 0.304. The highest BCUT2D eigenvalue weighted by Crippen LogP contribution is 2.25. The molecule has 4 aromatic rings. The molecular weight excluding hydrogens is 552 g/mol. The number of ether oxygens (including phenoxy) is 3. The number of pyridine rings is 1. The van der Waals surface area contributed by atoms with Crippen LogP contribution in [0.3, 0.4) is 0 Å². The molecule has 2 aromatic heterocycles. The molecule has 2 aromatic carbocycles. The number of amides is 1. The molecule has 0 saturated carbocycles. The summed E-state index contributed by atoms with van der Waals surface area (Å²) in [6, 6.07) is 15.2. The van der Waals surface area contributed by atoms with Crippen LogP contribution in [0, 0.1) is 0 Å². The van der Waals surface area contributed by atoms with E-state index in [0.29, 0.717) is 22.2 Å². The zero-order valence-corrected chi connectivity index (χ0v) is 23.0. The van der Waals surface area contributed by atoms with Crippen LogP contribution >= 0.6 is 11.6 Å². The van der Waals surface area contributed by atoms with E-state index in [4.69, 9.17) is 31.5 Å². The number of carbonyl (C=O) groups excluding carboxylic acids is 1. The lowest BCUT2D eigenvalue weighted by molar-refractivity contribution is -0.139. The second-order valence-corrected chi connectivity index (χ2v) is 10.2. The van der Waals surface area contributed by atoms with E-state index in [1.54, 1.807) is 62.4 Å². The van der Waals surface area contributed by atoms with Crippen molar-refractivity contribution in [1.29, 1.82) is 0 Å². The molecule has 0 bridgehead atoms. The fourth-order valence-electron chi connectivity index (χ4n) is 4.23. The van der Waals surface area contributed by atoms with Gasteiger partial charge in [-0.05, 0) is 61.9 Å². The summed E-state index contributed by atoms with van der Waals surface area (Å²) in [5.41, 5.74) is 5.57. The Morgan fingerprint density at radius 3 is 2.49 bits per heavy atom. The van der Waals surface area contributed by atoms with E-state index in [-0.39, 0.29) is 31.2 Å². The van der Waals surface area contributed by atoms with E-state index in [1.807, 2.05) is 0 Å². The van der Waals surface area contributed by atoms with Crippen LogP contribution < -0.4 is 27.2 Å². The fourth-order valence-corrected chi connectivity index (χ4v) is 4.36. The molecule has 212 valence electrons. The number of primary amides is 1. The van der Waals surface area contributed by atoms with Crippen molar-refractivity contribution in [3.05, 3.63) is 104 Å². The molecule has 13 heteroatoms. The van der Waals surface area contributed by atoms with Crippen LogP contribution in [0.15, 0.2) is 76.6 Å². The Labute approximate surface area is 239 Å². The molecule has 1 aliphatic rings. The molecule has 0 spiro atoms. The molecule has 1 saturated heterocycles. The first-order valence-corrected chi connectivity index (χ1v) is 13.0. The second-order valence-electron chi connectivity index (χ2n) is 9.80. The average Bonchev–Trinajstić information content (AvgIpc) is 3.29. The number of benzene rings is 2. The van der Waals surface area contributed by atoms with Gasteiger partial charge in [0.25, 0.3) is 0 Å². The number of rotatable bonds is 9. The summed E-state index contributed by atoms with van der Waals surface area (Å²) in [6.45, 7) is 3.90. The lowest BCUT2D eigenvalue weighted by atomic mass is 10.2. The highest BCUT2D eigenvalue weighted by molar-refractivity contribution is 6.30. The molecule has 5 rings (SSSR count). The van der Waals surface area contributed by atoms with Gasteiger partial charge in [0.05, 0.1) is 31.5 Å². The van der Waals surface area contributed by atoms with Crippen molar-refractivity contribution in [1.82, 2.24) is 19.1 Å². The number of nitrogens with one attached hydrogen (secondary N) is 1. The van der Waals surface area contributed by atoms with Gasteiger partial charge in [-0.25, -0.2) is 14.2 Å². The summed E-state index contributed by atoms with van der Waals surface area (Å²) in [6.07, 6.45) is 2.32. The van der Waals surface area contributed by atoms with Crippen molar-refractivity contribution in [2.24, 2.45) is 5.73 Å². The van der Waals surface area contributed by atoms with Gasteiger partial charge in [-0.2, -0.15) is 4.98 Å². The third-order valence-corrected chi connectivity index (χ3v) is 6.45. The first kappa shape index (κ1) is 28.0. The monoisotopic (exact) mass is 578 g/mol. The van der Waals surface area contributed by atoms with Gasteiger partial charge < -0.3 is 25.3 Å². The zero-order chi connectivity index (χ0) is 29.1. The van der Waals surface area contributed by atoms with Gasteiger partial charge in [-0.3, -0.25) is 14.3 Å². The maximum Gasteiger partial charge on any atom is 0.355 e. The van der Waals surface area contributed by atoms with Gasteiger partial charge in [0.2, 0.25) is 11.9 Å². The topological polar surface area (TPSA) is 153 Å². The number of halogens is 1. The largest absolute Gasteiger partial charge is 0.456 e. The lowest BCUT2D eigenvalue weighted by Crippen LogP contribution is -2.45. The van der Waals surface area contributed by atoms with E-state index in [2.05, 4.69) is 15.3 Å². The van der Waals surface area contributed by atoms with Crippen molar-refractivity contribution in [2.45, 2.75) is 38.8 Å². The number of aromatic nitrogens is 4. The Balaban J connectivity index is 1.42. The first-order chi connectivity index (χ1) is 19.6. The minimum absolute atomic E-state index is 0.00710. The summed E-state index contributed by atoms with van der Waals surface area (Å²) in [5, 5.41) is 3.62. The maximum atomic E-state index is 13.6. The fraction of sp³-hybridized carbons (Fsp3) is 0.250. The summed E-state index contributed by atoms with van der Waals surface area (Å²) in [7, 11) is 0. The van der Waals surface area contributed by atoms with E-state index in [9.17, 15) is 14.4 Å². The average molecular weight is 579 g/mol. The molecule has 3 N–H and O–H groups in total. The summed E-state index contributed by atoms with van der Waals surface area (Å²) >= 11 is 6.04. The van der Waals surface area contributed by atoms with Crippen molar-refractivity contribution < 1.29 is 19.0 Å². The number of hydrogen-bond donors (Lipinski definition) is 2. The van der Waals surface area contributed by atoms with Crippen LogP contribution in [0.25, 0.3) is 0 Å². The molecular formula is C28H27ClN6O6. The van der Waals surface area contributed by atoms with Crippen molar-refractivity contribution in [3.8, 4) is 11.5 Å². The van der Waals surface area contributed by atoms with Gasteiger partial charge in [-0.1, -0.05) is 23.7 Å². The molecule has 0 unspecified atom stereocenters. The Kier molecular flexibility index (Phi) is 7.88. The van der Waals surface area contributed by atoms with Crippen LogP contribution in [0.1, 0.15) is 29.8 Å². The van der Waals surface area contributed by atoms with E-state index >= 15 is 0 Å². The van der Waals surface area contributed by atoms with Gasteiger partial charge in [-0.15, -0.1) is 0 Å². The molecule has 12 nitrogen and oxygen atoms in total. The number of hydrogen-bond acceptors (Lipinski definition) is 9. The molecule has 0 radical (unpaired) electrons. The zero-order valence-electron chi connectivity index (χ0n) is 22.2. The highest BCUT2D eigenvalue weighted by atomic mass is 35.5. The van der Waals surface area contributed by atoms with Gasteiger partial charge in [0.1, 0.15) is 17.6 Å². The van der Waals surface area contributed by atoms with Crippen LogP contribution in [-0.2, 0) is 22.6 Å². The van der Waals surface area contributed by atoms with E-state index < -0.39 is 29.2 Å². The first-order valence-electron chi connectivity index (χ1n) is 12.6. The van der Waals surface area contributed by atoms with Gasteiger partial charge in [0.15, 0.2) is 5.79 Å². The van der Waals surface area contributed by atoms with Crippen molar-refractivity contribution in [2.75, 3.05) is 11.9 Å². The third kappa shape index (κ3) is 6.80. The molecule has 3 heterocycles. The predicted octanol–water partition coefficient (Wildman–Crippen LogP) is 3.29. The summed E-state index contributed by atoms with van der Waals surface area (Å²) < 4.78 is 19.6. The Hall–Kier alpha value is -4.52. The summed E-state index contributed by atoms with van der Waals surface area (Å²) in [4.78, 5) is 46.2. The minimum atomic E-state index is -0.803. The normalized spacial score (nSPS) is 15.9. The SMILES string of the molecule is CC1(C)OC[C@H](Cn2c(=O)nc(Nc3ccc(Oc4cncc(C(N)=O)c4)cc3)n(Cc3ccc(Cl)cc3)c2=O)O1. The Morgan fingerprint density at radius 2 is 1.83 bits per heavy atom. The molecule has 1 amide bonds. The number of carbonyl (C=O) groups is 1. The number of nitrogens with two attached hydrogens (primary N) is 1. The van der Waals surface area contributed by atoms with Crippen LogP contribution in [0.5, 0.6) is 11.5 Å². The Morgan fingerprint density at radius 1 is 1.10 bits per heavy atom. The Bertz CT molecular complexity index is 1680. The van der Waals surface area contributed by atoms with Crippen LogP contribution in [0.4, 0.5) is 11.6 Å². The molecule has 1 atom stereocenters. The van der Waals surface area contributed by atoms with Gasteiger partial charge >= 0.3 is 11.4 Å². The molecule has 41 heavy (non-hydrogen) atoms. The van der Waals surface area contributed by atoms with Crippen LogP contribution in [0.2, 0.25) is 5.02 Å². The van der Waals surface area contributed by atoms with Crippen molar-refractivity contribution in [3.63, 3.8) is 0 Å².